The lowest BCUT2D eigenvalue weighted by molar-refractivity contribution is -0.135. The van der Waals surface area contributed by atoms with Crippen LogP contribution in [0.5, 0.6) is 0 Å². The van der Waals surface area contributed by atoms with Gasteiger partial charge in [0.25, 0.3) is 0 Å². The minimum Gasteiger partial charge on any atom is -0.341 e. The third-order valence-corrected chi connectivity index (χ3v) is 7.16. The highest BCUT2D eigenvalue weighted by molar-refractivity contribution is 7.89. The van der Waals surface area contributed by atoms with Crippen LogP contribution in [0.15, 0.2) is 35.2 Å². The number of hydrogen-bond acceptors (Lipinski definition) is 4. The molecule has 1 atom stereocenters. The van der Waals surface area contributed by atoms with Gasteiger partial charge in [0.1, 0.15) is 4.90 Å². The van der Waals surface area contributed by atoms with Gasteiger partial charge in [-0.15, -0.1) is 0 Å². The monoisotopic (exact) mass is 390 g/mol. The number of rotatable bonds is 5. The highest BCUT2D eigenvalue weighted by Crippen LogP contribution is 2.27. The number of hydrogen-bond donors (Lipinski definition) is 1. The summed E-state index contributed by atoms with van der Waals surface area (Å²) in [6.45, 7) is 4.54. The molecule has 1 aliphatic rings. The summed E-state index contributed by atoms with van der Waals surface area (Å²) in [4.78, 5) is 14.8. The Morgan fingerprint density at radius 3 is 2.63 bits per heavy atom. The second-order valence-electron chi connectivity index (χ2n) is 7.15. The minimum absolute atomic E-state index is 0.0145. The van der Waals surface area contributed by atoms with E-state index in [1.54, 1.807) is 25.8 Å². The largest absolute Gasteiger partial charge is 0.341 e. The van der Waals surface area contributed by atoms with Gasteiger partial charge in [-0.05, 0) is 32.3 Å². The standard InChI is InChI=1S/C19H26N4O3S/c1-14-18(15(2)21-20-14)27(25,26)23-11-7-10-17(13-23)19(24)22(3)12-16-8-5-4-6-9-16/h4-6,8-9,17H,7,10-13H2,1-3H3,(H,20,21). The Bertz CT molecular complexity index is 889. The van der Waals surface area contributed by atoms with E-state index in [9.17, 15) is 13.2 Å². The lowest BCUT2D eigenvalue weighted by Crippen LogP contribution is -2.45. The van der Waals surface area contributed by atoms with Gasteiger partial charge in [-0.25, -0.2) is 8.42 Å². The number of carbonyl (C=O) groups is 1. The highest BCUT2D eigenvalue weighted by Gasteiger charge is 2.36. The van der Waals surface area contributed by atoms with Gasteiger partial charge in [-0.3, -0.25) is 9.89 Å². The van der Waals surface area contributed by atoms with Crippen LogP contribution in [-0.4, -0.2) is 53.9 Å². The molecule has 2 aromatic rings. The summed E-state index contributed by atoms with van der Waals surface area (Å²) < 4.78 is 27.6. The van der Waals surface area contributed by atoms with E-state index in [1.165, 1.54) is 4.31 Å². The summed E-state index contributed by atoms with van der Waals surface area (Å²) in [7, 11) is -1.89. The maximum atomic E-state index is 13.1. The zero-order valence-corrected chi connectivity index (χ0v) is 16.8. The highest BCUT2D eigenvalue weighted by atomic mass is 32.2. The van der Waals surface area contributed by atoms with Crippen LogP contribution in [0.2, 0.25) is 0 Å². The Hall–Kier alpha value is -2.19. The quantitative estimate of drug-likeness (QED) is 0.847. The van der Waals surface area contributed by atoms with Crippen LogP contribution in [0, 0.1) is 19.8 Å². The molecule has 0 spiro atoms. The molecule has 1 unspecified atom stereocenters. The number of benzene rings is 1. The summed E-state index contributed by atoms with van der Waals surface area (Å²) in [5.74, 6) is -0.339. The topological polar surface area (TPSA) is 86.4 Å². The number of aryl methyl sites for hydroxylation is 2. The van der Waals surface area contributed by atoms with Crippen molar-refractivity contribution >= 4 is 15.9 Å². The molecule has 0 radical (unpaired) electrons. The molecule has 1 aromatic heterocycles. The molecule has 1 N–H and O–H groups in total. The molecule has 1 aliphatic heterocycles. The smallest absolute Gasteiger partial charge is 0.246 e. The number of piperidine rings is 1. The third-order valence-electron chi connectivity index (χ3n) is 5.03. The van der Waals surface area contributed by atoms with Crippen molar-refractivity contribution in [3.8, 4) is 0 Å². The average Bonchev–Trinajstić information content (AvgIpc) is 3.01. The zero-order chi connectivity index (χ0) is 19.6. The first kappa shape index (κ1) is 19.6. The Labute approximate surface area is 160 Å². The Morgan fingerprint density at radius 2 is 2.00 bits per heavy atom. The van der Waals surface area contributed by atoms with Gasteiger partial charge in [-0.2, -0.15) is 9.40 Å². The Balaban J connectivity index is 1.73. The number of aromatic nitrogens is 2. The van der Waals surface area contributed by atoms with Crippen molar-refractivity contribution < 1.29 is 13.2 Å². The van der Waals surface area contributed by atoms with E-state index >= 15 is 0 Å². The SMILES string of the molecule is Cc1n[nH]c(C)c1S(=O)(=O)N1CCCC(C(=O)N(C)Cc2ccccc2)C1. The molecule has 0 bridgehead atoms. The molecule has 0 saturated carbocycles. The molecule has 1 amide bonds. The van der Waals surface area contributed by atoms with Crippen molar-refractivity contribution in [2.24, 2.45) is 5.92 Å². The second-order valence-corrected chi connectivity index (χ2v) is 9.02. The van der Waals surface area contributed by atoms with Crippen molar-refractivity contribution in [1.82, 2.24) is 19.4 Å². The lowest BCUT2D eigenvalue weighted by Gasteiger charge is -2.33. The Morgan fingerprint density at radius 1 is 1.30 bits per heavy atom. The van der Waals surface area contributed by atoms with Gasteiger partial charge >= 0.3 is 0 Å². The number of nitrogens with zero attached hydrogens (tertiary/aromatic N) is 3. The molecule has 146 valence electrons. The molecule has 2 heterocycles. The molecule has 3 rings (SSSR count). The van der Waals surface area contributed by atoms with E-state index in [4.69, 9.17) is 0 Å². The first-order chi connectivity index (χ1) is 12.8. The molecule has 8 heteroatoms. The number of H-pyrrole nitrogens is 1. The fraction of sp³-hybridized carbons (Fsp3) is 0.474. The fourth-order valence-electron chi connectivity index (χ4n) is 3.66. The van der Waals surface area contributed by atoms with Gasteiger partial charge in [0.15, 0.2) is 0 Å². The number of sulfonamides is 1. The van der Waals surface area contributed by atoms with Crippen LogP contribution in [-0.2, 0) is 21.4 Å². The van der Waals surface area contributed by atoms with Crippen LogP contribution in [0.25, 0.3) is 0 Å². The van der Waals surface area contributed by atoms with Crippen LogP contribution >= 0.6 is 0 Å². The summed E-state index contributed by atoms with van der Waals surface area (Å²) in [5.41, 5.74) is 2.04. The van der Waals surface area contributed by atoms with E-state index in [0.717, 1.165) is 5.56 Å². The average molecular weight is 391 g/mol. The van der Waals surface area contributed by atoms with Crippen LogP contribution in [0.1, 0.15) is 29.8 Å². The van der Waals surface area contributed by atoms with E-state index in [-0.39, 0.29) is 23.3 Å². The first-order valence-electron chi connectivity index (χ1n) is 9.11. The number of carbonyl (C=O) groups excluding carboxylic acids is 1. The number of amides is 1. The predicted octanol–water partition coefficient (Wildman–Crippen LogP) is 2.09. The maximum absolute atomic E-state index is 13.1. The van der Waals surface area contributed by atoms with Crippen molar-refractivity contribution in [2.75, 3.05) is 20.1 Å². The summed E-state index contributed by atoms with van der Waals surface area (Å²) in [5, 5.41) is 6.73. The molecule has 1 saturated heterocycles. The van der Waals surface area contributed by atoms with Crippen LogP contribution < -0.4 is 0 Å². The molecular formula is C19H26N4O3S. The Kier molecular flexibility index (Phi) is 5.67. The van der Waals surface area contributed by atoms with Crippen LogP contribution in [0.4, 0.5) is 0 Å². The molecular weight excluding hydrogens is 364 g/mol. The molecule has 0 aliphatic carbocycles. The van der Waals surface area contributed by atoms with Crippen molar-refractivity contribution in [3.05, 3.63) is 47.3 Å². The van der Waals surface area contributed by atoms with Crippen molar-refractivity contribution in [2.45, 2.75) is 38.1 Å². The van der Waals surface area contributed by atoms with Gasteiger partial charge in [0.05, 0.1) is 17.3 Å². The van der Waals surface area contributed by atoms with Gasteiger partial charge < -0.3 is 4.90 Å². The first-order valence-corrected chi connectivity index (χ1v) is 10.6. The molecule has 7 nitrogen and oxygen atoms in total. The van der Waals surface area contributed by atoms with E-state index in [2.05, 4.69) is 10.2 Å². The summed E-state index contributed by atoms with van der Waals surface area (Å²) in [6.07, 6.45) is 1.37. The molecule has 1 aromatic carbocycles. The normalized spacial score (nSPS) is 18.4. The zero-order valence-electron chi connectivity index (χ0n) is 16.0. The summed E-state index contributed by atoms with van der Waals surface area (Å²) in [6, 6.07) is 9.78. The van der Waals surface area contributed by atoms with Crippen LogP contribution in [0.3, 0.4) is 0 Å². The van der Waals surface area contributed by atoms with Crippen molar-refractivity contribution in [1.29, 1.82) is 0 Å². The minimum atomic E-state index is -3.66. The van der Waals surface area contributed by atoms with E-state index < -0.39 is 10.0 Å². The third kappa shape index (κ3) is 4.06. The number of aromatic amines is 1. The number of nitrogens with one attached hydrogen (secondary N) is 1. The van der Waals surface area contributed by atoms with Gasteiger partial charge in [0.2, 0.25) is 15.9 Å². The van der Waals surface area contributed by atoms with Gasteiger partial charge in [0, 0.05) is 26.7 Å². The fourth-order valence-corrected chi connectivity index (χ4v) is 5.51. The predicted molar refractivity (Wildman–Crippen MR) is 102 cm³/mol. The molecule has 1 fully saturated rings. The van der Waals surface area contributed by atoms with Gasteiger partial charge in [-0.1, -0.05) is 30.3 Å². The van der Waals surface area contributed by atoms with Crippen molar-refractivity contribution in [3.63, 3.8) is 0 Å². The molecule has 27 heavy (non-hydrogen) atoms. The maximum Gasteiger partial charge on any atom is 0.246 e. The van der Waals surface area contributed by atoms with E-state index in [1.807, 2.05) is 30.3 Å². The van der Waals surface area contributed by atoms with E-state index in [0.29, 0.717) is 37.3 Å². The summed E-state index contributed by atoms with van der Waals surface area (Å²) >= 11 is 0. The lowest BCUT2D eigenvalue weighted by atomic mass is 9.98. The second kappa shape index (κ2) is 7.82.